The molecule has 0 spiro atoms. The van der Waals surface area contributed by atoms with Crippen molar-refractivity contribution < 1.29 is 9.13 Å². The van der Waals surface area contributed by atoms with Gasteiger partial charge in [0.25, 0.3) is 0 Å². The van der Waals surface area contributed by atoms with Crippen molar-refractivity contribution in [2.45, 2.75) is 26.3 Å². The first-order chi connectivity index (χ1) is 6.97. The molecule has 1 rings (SSSR count). The molecule has 0 heterocycles. The van der Waals surface area contributed by atoms with Gasteiger partial charge in [0.15, 0.2) is 0 Å². The maximum Gasteiger partial charge on any atom is 0.142 e. The first kappa shape index (κ1) is 12.3. The van der Waals surface area contributed by atoms with Crippen LogP contribution in [0.5, 0.6) is 5.75 Å². The van der Waals surface area contributed by atoms with Crippen molar-refractivity contribution in [1.82, 2.24) is 0 Å². The summed E-state index contributed by atoms with van der Waals surface area (Å²) in [5.41, 5.74) is 7.06. The van der Waals surface area contributed by atoms with Crippen LogP contribution >= 0.6 is 11.6 Å². The monoisotopic (exact) mass is 231 g/mol. The smallest absolute Gasteiger partial charge is 0.142 e. The van der Waals surface area contributed by atoms with E-state index in [0.29, 0.717) is 17.7 Å². The van der Waals surface area contributed by atoms with Gasteiger partial charge in [-0.05, 0) is 31.9 Å². The van der Waals surface area contributed by atoms with Gasteiger partial charge in [-0.25, -0.2) is 4.39 Å². The Morgan fingerprint density at radius 1 is 1.60 bits per heavy atom. The predicted octanol–water partition coefficient (Wildman–Crippen LogP) is 2.69. The van der Waals surface area contributed by atoms with E-state index in [4.69, 9.17) is 22.1 Å². The minimum Gasteiger partial charge on any atom is -0.496 e. The van der Waals surface area contributed by atoms with Gasteiger partial charge >= 0.3 is 0 Å². The first-order valence-electron chi connectivity index (χ1n) is 4.74. The fourth-order valence-electron chi connectivity index (χ4n) is 1.59. The lowest BCUT2D eigenvalue weighted by Crippen LogP contribution is -2.19. The van der Waals surface area contributed by atoms with Crippen LogP contribution in [-0.2, 0) is 6.42 Å². The predicted molar refractivity (Wildman–Crippen MR) is 60.1 cm³/mol. The lowest BCUT2D eigenvalue weighted by Gasteiger charge is -2.15. The van der Waals surface area contributed by atoms with Crippen molar-refractivity contribution >= 4 is 11.6 Å². The number of rotatable bonds is 3. The standard InChI is InChI=1S/C11H15ClFNO/c1-6-4-9(13)10(12)8(5-7(2)14)11(6)15-3/h4,7H,5,14H2,1-3H3. The lowest BCUT2D eigenvalue weighted by atomic mass is 10.0. The Labute approximate surface area is 94.2 Å². The molecular formula is C11H15ClFNO. The van der Waals surface area contributed by atoms with Crippen LogP contribution in [0.1, 0.15) is 18.1 Å². The fraction of sp³-hybridized carbons (Fsp3) is 0.455. The Morgan fingerprint density at radius 3 is 2.67 bits per heavy atom. The number of nitrogens with two attached hydrogens (primary N) is 1. The Kier molecular flexibility index (Phi) is 3.94. The molecule has 1 atom stereocenters. The minimum absolute atomic E-state index is 0.0856. The van der Waals surface area contributed by atoms with Crippen LogP contribution in [0.3, 0.4) is 0 Å². The Bertz CT molecular complexity index is 366. The van der Waals surface area contributed by atoms with Crippen LogP contribution in [0.25, 0.3) is 0 Å². The van der Waals surface area contributed by atoms with Crippen molar-refractivity contribution in [2.24, 2.45) is 5.73 Å². The molecule has 1 aromatic carbocycles. The van der Waals surface area contributed by atoms with Crippen LogP contribution in [-0.4, -0.2) is 13.2 Å². The fourth-order valence-corrected chi connectivity index (χ4v) is 1.81. The van der Waals surface area contributed by atoms with E-state index in [9.17, 15) is 4.39 Å². The molecule has 2 N–H and O–H groups in total. The van der Waals surface area contributed by atoms with Gasteiger partial charge in [0.1, 0.15) is 11.6 Å². The normalized spacial score (nSPS) is 12.7. The topological polar surface area (TPSA) is 35.2 Å². The van der Waals surface area contributed by atoms with E-state index >= 15 is 0 Å². The van der Waals surface area contributed by atoms with Gasteiger partial charge in [-0.2, -0.15) is 0 Å². The van der Waals surface area contributed by atoms with Gasteiger partial charge < -0.3 is 10.5 Å². The van der Waals surface area contributed by atoms with Gasteiger partial charge in [-0.1, -0.05) is 11.6 Å². The molecule has 2 nitrogen and oxygen atoms in total. The molecule has 1 unspecified atom stereocenters. The summed E-state index contributed by atoms with van der Waals surface area (Å²) in [7, 11) is 1.54. The van der Waals surface area contributed by atoms with E-state index in [-0.39, 0.29) is 11.1 Å². The van der Waals surface area contributed by atoms with E-state index in [1.807, 2.05) is 6.92 Å². The molecule has 0 saturated heterocycles. The lowest BCUT2D eigenvalue weighted by molar-refractivity contribution is 0.403. The molecule has 0 bridgehead atoms. The van der Waals surface area contributed by atoms with Gasteiger partial charge in [-0.3, -0.25) is 0 Å². The number of hydrogen-bond donors (Lipinski definition) is 1. The molecule has 4 heteroatoms. The number of hydrogen-bond acceptors (Lipinski definition) is 2. The molecule has 84 valence electrons. The average molecular weight is 232 g/mol. The van der Waals surface area contributed by atoms with E-state index in [1.165, 1.54) is 6.07 Å². The third-order valence-electron chi connectivity index (χ3n) is 2.18. The second-order valence-corrected chi connectivity index (χ2v) is 4.06. The van der Waals surface area contributed by atoms with Crippen molar-refractivity contribution in [2.75, 3.05) is 7.11 Å². The molecule has 0 aliphatic rings. The van der Waals surface area contributed by atoms with Crippen molar-refractivity contribution in [3.8, 4) is 5.75 Å². The van der Waals surface area contributed by atoms with Gasteiger partial charge in [0.05, 0.1) is 12.1 Å². The van der Waals surface area contributed by atoms with Gasteiger partial charge in [-0.15, -0.1) is 0 Å². The van der Waals surface area contributed by atoms with Crippen molar-refractivity contribution in [3.05, 3.63) is 28.0 Å². The van der Waals surface area contributed by atoms with Crippen LogP contribution in [0.15, 0.2) is 6.07 Å². The third kappa shape index (κ3) is 2.61. The summed E-state index contributed by atoms with van der Waals surface area (Å²) in [6.45, 7) is 3.62. The summed E-state index contributed by atoms with van der Waals surface area (Å²) in [6.07, 6.45) is 0.501. The first-order valence-corrected chi connectivity index (χ1v) is 5.12. The molecule has 0 amide bonds. The second-order valence-electron chi connectivity index (χ2n) is 3.68. The minimum atomic E-state index is -0.425. The maximum absolute atomic E-state index is 13.4. The number of aryl methyl sites for hydroxylation is 1. The van der Waals surface area contributed by atoms with E-state index in [2.05, 4.69) is 0 Å². The van der Waals surface area contributed by atoms with E-state index < -0.39 is 5.82 Å². The summed E-state index contributed by atoms with van der Waals surface area (Å²) < 4.78 is 18.6. The highest BCUT2D eigenvalue weighted by Crippen LogP contribution is 2.33. The second kappa shape index (κ2) is 4.81. The van der Waals surface area contributed by atoms with Crippen LogP contribution in [0, 0.1) is 12.7 Å². The maximum atomic E-state index is 13.4. The zero-order valence-corrected chi connectivity index (χ0v) is 9.86. The number of benzene rings is 1. The highest BCUT2D eigenvalue weighted by molar-refractivity contribution is 6.31. The summed E-state index contributed by atoms with van der Waals surface area (Å²) in [6, 6.07) is 1.28. The van der Waals surface area contributed by atoms with Crippen LogP contribution in [0.2, 0.25) is 5.02 Å². The molecule has 0 aromatic heterocycles. The molecule has 1 aromatic rings. The number of halogens is 2. The van der Waals surface area contributed by atoms with Gasteiger partial charge in [0.2, 0.25) is 0 Å². The summed E-state index contributed by atoms with van der Waals surface area (Å²) in [4.78, 5) is 0. The summed E-state index contributed by atoms with van der Waals surface area (Å²) in [5, 5.41) is 0.106. The molecule has 15 heavy (non-hydrogen) atoms. The molecule has 0 radical (unpaired) electrons. The summed E-state index contributed by atoms with van der Waals surface area (Å²) in [5.74, 6) is 0.198. The molecule has 0 saturated carbocycles. The zero-order chi connectivity index (χ0) is 11.6. The highest BCUT2D eigenvalue weighted by atomic mass is 35.5. The average Bonchev–Trinajstić information content (AvgIpc) is 2.13. The molecular weight excluding hydrogens is 217 g/mol. The molecule has 0 aliphatic carbocycles. The summed E-state index contributed by atoms with van der Waals surface area (Å²) >= 11 is 5.88. The molecule has 0 fully saturated rings. The van der Waals surface area contributed by atoms with Crippen molar-refractivity contribution in [3.63, 3.8) is 0 Å². The Hall–Kier alpha value is -0.800. The van der Waals surface area contributed by atoms with Crippen LogP contribution < -0.4 is 10.5 Å². The highest BCUT2D eigenvalue weighted by Gasteiger charge is 2.16. The molecule has 0 aliphatic heterocycles. The van der Waals surface area contributed by atoms with Crippen molar-refractivity contribution in [1.29, 1.82) is 0 Å². The Morgan fingerprint density at radius 2 is 2.20 bits per heavy atom. The zero-order valence-electron chi connectivity index (χ0n) is 9.10. The Balaban J connectivity index is 3.30. The SMILES string of the molecule is COc1c(C)cc(F)c(Cl)c1CC(C)N. The van der Waals surface area contributed by atoms with Crippen LogP contribution in [0.4, 0.5) is 4.39 Å². The number of methoxy groups -OCH3 is 1. The largest absolute Gasteiger partial charge is 0.496 e. The van der Waals surface area contributed by atoms with E-state index in [1.54, 1.807) is 14.0 Å². The number of ether oxygens (including phenoxy) is 1. The van der Waals surface area contributed by atoms with E-state index in [0.717, 1.165) is 5.56 Å². The van der Waals surface area contributed by atoms with Gasteiger partial charge in [0, 0.05) is 11.6 Å². The third-order valence-corrected chi connectivity index (χ3v) is 2.59. The quantitative estimate of drug-likeness (QED) is 0.868.